The average Bonchev–Trinajstić information content (AvgIpc) is 2.86. The molecule has 0 bridgehead atoms. The molecule has 0 fully saturated rings. The Kier molecular flexibility index (Phi) is 6.58. The maximum atomic E-state index is 11.3. The minimum atomic E-state index is -0.229. The summed E-state index contributed by atoms with van der Waals surface area (Å²) in [6.45, 7) is 3.59. The molecule has 1 heterocycles. The third-order valence-corrected chi connectivity index (χ3v) is 3.39. The van der Waals surface area contributed by atoms with E-state index in [4.69, 9.17) is 0 Å². The van der Waals surface area contributed by atoms with E-state index in [9.17, 15) is 4.79 Å². The lowest BCUT2D eigenvalue weighted by Crippen LogP contribution is -2.18. The third-order valence-electron chi connectivity index (χ3n) is 2.45. The van der Waals surface area contributed by atoms with Crippen LogP contribution >= 0.6 is 11.3 Å². The number of hydrogen-bond acceptors (Lipinski definition) is 4. The molecule has 1 N–H and O–H groups in total. The van der Waals surface area contributed by atoms with E-state index in [-0.39, 0.29) is 5.97 Å². The fourth-order valence-corrected chi connectivity index (χ4v) is 2.18. The zero-order valence-corrected chi connectivity index (χ0v) is 11.2. The number of esters is 1. The van der Waals surface area contributed by atoms with Gasteiger partial charge in [-0.25, -0.2) is 4.79 Å². The molecule has 1 rings (SSSR count). The van der Waals surface area contributed by atoms with Crippen LogP contribution in [0.5, 0.6) is 0 Å². The fraction of sp³-hybridized carbons (Fsp3) is 0.462. The first-order valence-electron chi connectivity index (χ1n) is 5.78. The Morgan fingerprint density at radius 1 is 1.59 bits per heavy atom. The van der Waals surface area contributed by atoms with Gasteiger partial charge in [0.05, 0.1) is 7.11 Å². The van der Waals surface area contributed by atoms with Gasteiger partial charge in [0.2, 0.25) is 0 Å². The lowest BCUT2D eigenvalue weighted by atomic mass is 10.2. The molecule has 94 valence electrons. The van der Waals surface area contributed by atoms with Crippen molar-refractivity contribution in [3.8, 4) is 0 Å². The highest BCUT2D eigenvalue weighted by atomic mass is 32.1. The predicted molar refractivity (Wildman–Crippen MR) is 71.3 cm³/mol. The lowest BCUT2D eigenvalue weighted by molar-refractivity contribution is -0.136. The minimum absolute atomic E-state index is 0.229. The Bertz CT molecular complexity index is 358. The van der Waals surface area contributed by atoms with Gasteiger partial charge < -0.3 is 10.1 Å². The Morgan fingerprint density at radius 2 is 2.41 bits per heavy atom. The molecular weight excluding hydrogens is 234 g/mol. The van der Waals surface area contributed by atoms with Crippen molar-refractivity contribution in [3.05, 3.63) is 34.0 Å². The molecule has 0 aliphatic heterocycles. The molecule has 0 unspecified atom stereocenters. The first kappa shape index (κ1) is 13.9. The summed E-state index contributed by atoms with van der Waals surface area (Å²) in [7, 11) is 1.41. The molecule has 0 aliphatic carbocycles. The van der Waals surface area contributed by atoms with E-state index in [0.717, 1.165) is 18.5 Å². The molecule has 3 nitrogen and oxygen atoms in total. The summed E-state index contributed by atoms with van der Waals surface area (Å²) >= 11 is 1.77. The molecule has 4 heteroatoms. The molecule has 0 radical (unpaired) electrons. The van der Waals surface area contributed by atoms with Gasteiger partial charge in [-0.1, -0.05) is 19.1 Å². The summed E-state index contributed by atoms with van der Waals surface area (Å²) in [6, 6.07) is 4.19. The van der Waals surface area contributed by atoms with Gasteiger partial charge in [-0.15, -0.1) is 11.3 Å². The molecule has 0 aliphatic rings. The van der Waals surface area contributed by atoms with Crippen molar-refractivity contribution < 1.29 is 9.53 Å². The highest BCUT2D eigenvalue weighted by molar-refractivity contribution is 7.09. The van der Waals surface area contributed by atoms with Gasteiger partial charge in [0.15, 0.2) is 0 Å². The van der Waals surface area contributed by atoms with Crippen LogP contribution in [0, 0.1) is 0 Å². The number of thiophene rings is 1. The number of hydrogen-bond donors (Lipinski definition) is 1. The van der Waals surface area contributed by atoms with Crippen molar-refractivity contribution in [2.75, 3.05) is 20.2 Å². The van der Waals surface area contributed by atoms with Crippen LogP contribution in [0.4, 0.5) is 0 Å². The van der Waals surface area contributed by atoms with Gasteiger partial charge >= 0.3 is 5.97 Å². The quantitative estimate of drug-likeness (QED) is 0.460. The molecule has 0 saturated heterocycles. The van der Waals surface area contributed by atoms with Crippen molar-refractivity contribution in [2.45, 2.75) is 19.8 Å². The lowest BCUT2D eigenvalue weighted by Gasteiger charge is -2.03. The summed E-state index contributed by atoms with van der Waals surface area (Å²) in [6.07, 6.45) is 3.64. The van der Waals surface area contributed by atoms with E-state index in [0.29, 0.717) is 13.0 Å². The summed E-state index contributed by atoms with van der Waals surface area (Å²) in [5.41, 5.74) is 0.733. The van der Waals surface area contributed by atoms with Crippen LogP contribution in [0.25, 0.3) is 0 Å². The van der Waals surface area contributed by atoms with Crippen molar-refractivity contribution in [2.24, 2.45) is 0 Å². The number of nitrogens with one attached hydrogen (secondary N) is 1. The second kappa shape index (κ2) is 8.03. The van der Waals surface area contributed by atoms with Gasteiger partial charge in [0, 0.05) is 23.5 Å². The van der Waals surface area contributed by atoms with E-state index >= 15 is 0 Å². The number of carbonyl (C=O) groups is 1. The van der Waals surface area contributed by atoms with E-state index in [2.05, 4.69) is 27.6 Å². The highest BCUT2D eigenvalue weighted by Crippen LogP contribution is 2.08. The minimum Gasteiger partial charge on any atom is -0.466 e. The first-order valence-corrected chi connectivity index (χ1v) is 6.66. The summed E-state index contributed by atoms with van der Waals surface area (Å²) in [5, 5.41) is 5.37. The van der Waals surface area contributed by atoms with Gasteiger partial charge in [0.25, 0.3) is 0 Å². The zero-order valence-electron chi connectivity index (χ0n) is 10.4. The summed E-state index contributed by atoms with van der Waals surface area (Å²) in [4.78, 5) is 12.7. The molecule has 17 heavy (non-hydrogen) atoms. The molecule has 0 amide bonds. The maximum Gasteiger partial charge on any atom is 0.333 e. The van der Waals surface area contributed by atoms with Crippen LogP contribution < -0.4 is 5.32 Å². The van der Waals surface area contributed by atoms with E-state index in [1.807, 2.05) is 13.0 Å². The van der Waals surface area contributed by atoms with Gasteiger partial charge in [-0.3, -0.25) is 0 Å². The smallest absolute Gasteiger partial charge is 0.333 e. The molecule has 0 atom stereocenters. The molecule has 1 aromatic heterocycles. The number of ether oxygens (including phenoxy) is 1. The second-order valence-electron chi connectivity index (χ2n) is 3.61. The molecule has 0 aromatic carbocycles. The second-order valence-corrected chi connectivity index (χ2v) is 4.64. The van der Waals surface area contributed by atoms with E-state index in [1.165, 1.54) is 12.0 Å². The highest BCUT2D eigenvalue weighted by Gasteiger charge is 2.05. The van der Waals surface area contributed by atoms with Crippen LogP contribution in [0.2, 0.25) is 0 Å². The molecule has 0 saturated carbocycles. The van der Waals surface area contributed by atoms with Crippen LogP contribution in [0.15, 0.2) is 29.2 Å². The monoisotopic (exact) mass is 253 g/mol. The van der Waals surface area contributed by atoms with Gasteiger partial charge in [0.1, 0.15) is 0 Å². The van der Waals surface area contributed by atoms with Crippen molar-refractivity contribution in [1.29, 1.82) is 0 Å². The van der Waals surface area contributed by atoms with Gasteiger partial charge in [-0.2, -0.15) is 0 Å². The Hall–Kier alpha value is -1.13. The summed E-state index contributed by atoms with van der Waals surface area (Å²) in [5.74, 6) is -0.229. The van der Waals surface area contributed by atoms with Crippen LogP contribution in [0.1, 0.15) is 18.2 Å². The van der Waals surface area contributed by atoms with Crippen LogP contribution in [-0.2, 0) is 16.0 Å². The van der Waals surface area contributed by atoms with E-state index < -0.39 is 0 Å². The topological polar surface area (TPSA) is 38.3 Å². The molecule has 1 aromatic rings. The maximum absolute atomic E-state index is 11.3. The van der Waals surface area contributed by atoms with Crippen molar-refractivity contribution in [3.63, 3.8) is 0 Å². The normalized spacial score (nSPS) is 11.5. The Morgan fingerprint density at radius 3 is 3.00 bits per heavy atom. The van der Waals surface area contributed by atoms with Crippen LogP contribution in [-0.4, -0.2) is 26.2 Å². The number of methoxy groups -OCH3 is 1. The van der Waals surface area contributed by atoms with Crippen LogP contribution in [0.3, 0.4) is 0 Å². The average molecular weight is 253 g/mol. The van der Waals surface area contributed by atoms with Crippen molar-refractivity contribution in [1.82, 2.24) is 5.32 Å². The Balaban J connectivity index is 2.21. The first-order chi connectivity index (χ1) is 8.27. The third kappa shape index (κ3) is 5.15. The van der Waals surface area contributed by atoms with E-state index in [1.54, 1.807) is 11.3 Å². The standard InChI is InChI=1S/C13H19NO2S/c1-3-11(13(15)16-2)6-8-14-9-7-12-5-4-10-17-12/h4-6,10,14H,3,7-9H2,1-2H3/b11-6-. The van der Waals surface area contributed by atoms with Crippen molar-refractivity contribution >= 4 is 17.3 Å². The zero-order chi connectivity index (χ0) is 12.5. The Labute approximate surface area is 106 Å². The van der Waals surface area contributed by atoms with Gasteiger partial charge in [-0.05, 0) is 24.3 Å². The molecule has 0 spiro atoms. The number of carbonyl (C=O) groups excluding carboxylic acids is 1. The fourth-order valence-electron chi connectivity index (χ4n) is 1.47. The summed E-state index contributed by atoms with van der Waals surface area (Å²) < 4.78 is 4.69. The molecular formula is C13H19NO2S. The largest absolute Gasteiger partial charge is 0.466 e. The number of rotatable bonds is 7. The SMILES string of the molecule is CC/C(=C/CNCCc1cccs1)C(=O)OC. The predicted octanol–water partition coefficient (Wildman–Crippen LogP) is 2.39.